The van der Waals surface area contributed by atoms with Gasteiger partial charge in [0.2, 0.25) is 5.69 Å². The van der Waals surface area contributed by atoms with Crippen LogP contribution in [-0.4, -0.2) is 0 Å². The number of hydrogen-bond acceptors (Lipinski definition) is 0. The smallest absolute Gasteiger partial charge is 0.201 e. The Bertz CT molecular complexity index is 888. The Morgan fingerprint density at radius 2 is 1.67 bits per heavy atom. The van der Waals surface area contributed by atoms with Crippen molar-refractivity contribution in [2.75, 3.05) is 0 Å². The second-order valence-electron chi connectivity index (χ2n) is 6.67. The van der Waals surface area contributed by atoms with Gasteiger partial charge in [-0.1, -0.05) is 44.2 Å². The predicted molar refractivity (Wildman–Crippen MR) is 87.4 cm³/mol. The molecule has 0 saturated heterocycles. The molecule has 0 aliphatic heterocycles. The third-order valence-electron chi connectivity index (χ3n) is 5.02. The number of aryl methyl sites for hydroxylation is 2. The van der Waals surface area contributed by atoms with Crippen molar-refractivity contribution in [3.05, 3.63) is 65.4 Å². The summed E-state index contributed by atoms with van der Waals surface area (Å²) >= 11 is 0. The molecular formula is C20H20N+. The largest absolute Gasteiger partial charge is 0.217 e. The number of fused-ring (bicyclic) bond motifs is 2. The molecular weight excluding hydrogens is 254 g/mol. The summed E-state index contributed by atoms with van der Waals surface area (Å²) in [6.45, 7) is 6.90. The van der Waals surface area contributed by atoms with Gasteiger partial charge in [-0.2, -0.15) is 0 Å². The third kappa shape index (κ3) is 1.49. The monoisotopic (exact) mass is 274 g/mol. The summed E-state index contributed by atoms with van der Waals surface area (Å²) in [5, 5.41) is 2.77. The molecule has 4 rings (SSSR count). The van der Waals surface area contributed by atoms with E-state index in [4.69, 9.17) is 0 Å². The van der Waals surface area contributed by atoms with E-state index in [0.717, 1.165) is 0 Å². The molecule has 0 saturated carbocycles. The summed E-state index contributed by atoms with van der Waals surface area (Å²) in [6, 6.07) is 15.6. The van der Waals surface area contributed by atoms with Crippen LogP contribution in [0.1, 0.15) is 30.5 Å². The van der Waals surface area contributed by atoms with E-state index in [0.29, 0.717) is 0 Å². The van der Waals surface area contributed by atoms with Crippen LogP contribution in [0.2, 0.25) is 0 Å². The Balaban J connectivity index is 2.33. The minimum atomic E-state index is 0.0364. The van der Waals surface area contributed by atoms with Gasteiger partial charge in [-0.3, -0.25) is 0 Å². The van der Waals surface area contributed by atoms with Gasteiger partial charge in [0, 0.05) is 17.0 Å². The summed E-state index contributed by atoms with van der Waals surface area (Å²) in [5.41, 5.74) is 7.02. The third-order valence-corrected chi connectivity index (χ3v) is 5.02. The average Bonchev–Trinajstić information content (AvgIpc) is 2.46. The van der Waals surface area contributed by atoms with Crippen molar-refractivity contribution in [3.63, 3.8) is 0 Å². The second-order valence-corrected chi connectivity index (χ2v) is 6.67. The fourth-order valence-electron chi connectivity index (χ4n) is 3.88. The van der Waals surface area contributed by atoms with Gasteiger partial charge < -0.3 is 0 Å². The lowest BCUT2D eigenvalue weighted by atomic mass is 9.69. The number of rotatable bonds is 0. The summed E-state index contributed by atoms with van der Waals surface area (Å²) < 4.78 is 2.27. The minimum absolute atomic E-state index is 0.0364. The van der Waals surface area contributed by atoms with Crippen molar-refractivity contribution in [1.29, 1.82) is 0 Å². The van der Waals surface area contributed by atoms with Crippen LogP contribution in [0.25, 0.3) is 22.0 Å². The Labute approximate surface area is 125 Å². The summed E-state index contributed by atoms with van der Waals surface area (Å²) in [6.07, 6.45) is 2.15. The van der Waals surface area contributed by atoms with Crippen LogP contribution >= 0.6 is 0 Å². The van der Waals surface area contributed by atoms with Crippen molar-refractivity contribution in [1.82, 2.24) is 0 Å². The standard InChI is InChI=1S/C20H20N/c1-13-10-11-14-7-5-8-15-18(14)17(13)19-16(20(15,2)3)9-6-12-21(19)4/h5-12H,1-4H3/q+1. The normalized spacial score (nSPS) is 15.0. The van der Waals surface area contributed by atoms with Crippen molar-refractivity contribution in [2.45, 2.75) is 26.2 Å². The molecule has 0 unspecified atom stereocenters. The quantitative estimate of drug-likeness (QED) is 0.539. The highest BCUT2D eigenvalue weighted by Gasteiger charge is 2.38. The lowest BCUT2D eigenvalue weighted by molar-refractivity contribution is -0.660. The second kappa shape index (κ2) is 3.94. The fraction of sp³-hybridized carbons (Fsp3) is 0.250. The highest BCUT2D eigenvalue weighted by Crippen LogP contribution is 2.47. The molecule has 0 atom stereocenters. The molecule has 2 aromatic carbocycles. The number of nitrogens with zero attached hydrogens (tertiary/aromatic N) is 1. The Kier molecular flexibility index (Phi) is 2.36. The first-order chi connectivity index (χ1) is 10.0. The van der Waals surface area contributed by atoms with E-state index in [-0.39, 0.29) is 5.41 Å². The zero-order valence-corrected chi connectivity index (χ0v) is 13.1. The number of pyridine rings is 1. The minimum Gasteiger partial charge on any atom is -0.201 e. The van der Waals surface area contributed by atoms with Crippen molar-refractivity contribution >= 4 is 10.8 Å². The van der Waals surface area contributed by atoms with E-state index in [1.165, 1.54) is 38.7 Å². The molecule has 0 spiro atoms. The van der Waals surface area contributed by atoms with Gasteiger partial charge >= 0.3 is 0 Å². The molecule has 0 radical (unpaired) electrons. The van der Waals surface area contributed by atoms with E-state index in [2.05, 4.69) is 81.0 Å². The van der Waals surface area contributed by atoms with E-state index in [1.807, 2.05) is 0 Å². The van der Waals surface area contributed by atoms with Gasteiger partial charge in [-0.15, -0.1) is 0 Å². The molecule has 0 N–H and O–H groups in total. The maximum absolute atomic E-state index is 2.34. The zero-order valence-electron chi connectivity index (χ0n) is 13.1. The molecule has 0 bridgehead atoms. The highest BCUT2D eigenvalue weighted by molar-refractivity contribution is 6.02. The summed E-state index contributed by atoms with van der Waals surface area (Å²) in [7, 11) is 2.15. The lowest BCUT2D eigenvalue weighted by Gasteiger charge is -2.33. The van der Waals surface area contributed by atoms with Gasteiger partial charge in [0.05, 0.1) is 5.56 Å². The van der Waals surface area contributed by atoms with Crippen LogP contribution < -0.4 is 4.57 Å². The molecule has 3 aromatic rings. The Morgan fingerprint density at radius 1 is 0.905 bits per heavy atom. The first-order valence-corrected chi connectivity index (χ1v) is 7.54. The molecule has 0 fully saturated rings. The SMILES string of the molecule is Cc1ccc2cccc3c2c1-c1c(ccc[n+]1C)C3(C)C. The molecule has 1 heterocycles. The number of aromatic nitrogens is 1. The Morgan fingerprint density at radius 3 is 2.48 bits per heavy atom. The molecule has 1 aromatic heterocycles. The molecule has 1 nitrogen and oxygen atoms in total. The maximum atomic E-state index is 2.34. The average molecular weight is 274 g/mol. The van der Waals surface area contributed by atoms with Gasteiger partial charge in [-0.25, -0.2) is 4.57 Å². The van der Waals surface area contributed by atoms with E-state index >= 15 is 0 Å². The molecule has 104 valence electrons. The van der Waals surface area contributed by atoms with Gasteiger partial charge in [0.1, 0.15) is 7.05 Å². The van der Waals surface area contributed by atoms with E-state index in [1.54, 1.807) is 0 Å². The fourth-order valence-corrected chi connectivity index (χ4v) is 3.88. The first kappa shape index (κ1) is 12.6. The van der Waals surface area contributed by atoms with Crippen molar-refractivity contribution in [2.24, 2.45) is 7.05 Å². The van der Waals surface area contributed by atoms with Crippen LogP contribution in [-0.2, 0) is 12.5 Å². The van der Waals surface area contributed by atoms with E-state index < -0.39 is 0 Å². The molecule has 1 heteroatoms. The highest BCUT2D eigenvalue weighted by atomic mass is 14.9. The zero-order chi connectivity index (χ0) is 14.8. The Hall–Kier alpha value is -2.15. The van der Waals surface area contributed by atoms with Gasteiger partial charge in [-0.05, 0) is 34.9 Å². The van der Waals surface area contributed by atoms with Gasteiger partial charge in [0.25, 0.3) is 0 Å². The molecule has 0 amide bonds. The number of hydrogen-bond donors (Lipinski definition) is 0. The van der Waals surface area contributed by atoms with Crippen LogP contribution in [0.15, 0.2) is 48.7 Å². The van der Waals surface area contributed by atoms with Gasteiger partial charge in [0.15, 0.2) is 6.20 Å². The van der Waals surface area contributed by atoms with Crippen LogP contribution in [0.4, 0.5) is 0 Å². The van der Waals surface area contributed by atoms with Crippen LogP contribution in [0.3, 0.4) is 0 Å². The lowest BCUT2D eigenvalue weighted by Crippen LogP contribution is -2.37. The first-order valence-electron chi connectivity index (χ1n) is 7.54. The molecule has 1 aliphatic rings. The van der Waals surface area contributed by atoms with Crippen molar-refractivity contribution < 1.29 is 4.57 Å². The topological polar surface area (TPSA) is 3.88 Å². The predicted octanol–water partition coefficient (Wildman–Crippen LogP) is 4.28. The maximum Gasteiger partial charge on any atom is 0.217 e. The van der Waals surface area contributed by atoms with Crippen LogP contribution in [0, 0.1) is 6.92 Å². The van der Waals surface area contributed by atoms with E-state index in [9.17, 15) is 0 Å². The van der Waals surface area contributed by atoms with Crippen molar-refractivity contribution in [3.8, 4) is 11.3 Å². The summed E-state index contributed by atoms with van der Waals surface area (Å²) in [5.74, 6) is 0. The molecule has 21 heavy (non-hydrogen) atoms. The summed E-state index contributed by atoms with van der Waals surface area (Å²) in [4.78, 5) is 0. The van der Waals surface area contributed by atoms with Crippen LogP contribution in [0.5, 0.6) is 0 Å². The molecule has 1 aliphatic carbocycles. The number of benzene rings is 2.